The Morgan fingerprint density at radius 3 is 1.82 bits per heavy atom. The maximum atomic E-state index is 10.7. The van der Waals surface area contributed by atoms with Crippen LogP contribution in [0.15, 0.2) is 30.3 Å². The number of aliphatic hydroxyl groups is 1. The van der Waals surface area contributed by atoms with Gasteiger partial charge in [0.15, 0.2) is 0 Å². The van der Waals surface area contributed by atoms with Crippen molar-refractivity contribution in [1.29, 1.82) is 0 Å². The van der Waals surface area contributed by atoms with Crippen molar-refractivity contribution >= 4 is 10.1 Å². The summed E-state index contributed by atoms with van der Waals surface area (Å²) in [5.41, 5.74) is -4.34. The van der Waals surface area contributed by atoms with Crippen LogP contribution in [0.1, 0.15) is 5.56 Å². The van der Waals surface area contributed by atoms with Gasteiger partial charge in [-0.1, -0.05) is 30.3 Å². The van der Waals surface area contributed by atoms with Gasteiger partial charge in [-0.3, -0.25) is 4.55 Å². The molecule has 0 aromatic heterocycles. The fourth-order valence-corrected chi connectivity index (χ4v) is 0.774. The van der Waals surface area contributed by atoms with Crippen LogP contribution < -0.4 is 0 Å². The van der Waals surface area contributed by atoms with Crippen LogP contribution in [0.4, 0.5) is 13.2 Å². The average molecular weight is 272 g/mol. The Bertz CT molecular complexity index is 414. The predicted molar refractivity (Wildman–Crippen MR) is 54.8 cm³/mol. The molecule has 0 aliphatic carbocycles. The van der Waals surface area contributed by atoms with Crippen molar-refractivity contribution in [3.05, 3.63) is 35.9 Å². The summed E-state index contributed by atoms with van der Waals surface area (Å²) in [5, 5.41) is 8.52. The van der Waals surface area contributed by atoms with Crippen LogP contribution in [0.2, 0.25) is 0 Å². The van der Waals surface area contributed by atoms with E-state index in [4.69, 9.17) is 18.1 Å². The van der Waals surface area contributed by atoms with Crippen molar-refractivity contribution in [3.63, 3.8) is 0 Å². The summed E-state index contributed by atoms with van der Waals surface area (Å²) in [6, 6.07) is 9.95. The first kappa shape index (κ1) is 15.9. The number of hydrogen-bond acceptors (Lipinski definition) is 3. The lowest BCUT2D eigenvalue weighted by Gasteiger charge is -1.97. The summed E-state index contributed by atoms with van der Waals surface area (Å²) in [4.78, 5) is 0. The summed E-state index contributed by atoms with van der Waals surface area (Å²) >= 11 is 0. The van der Waals surface area contributed by atoms with E-state index in [0.717, 1.165) is 6.42 Å². The molecule has 98 valence electrons. The number of halogens is 3. The largest absolute Gasteiger partial charge is 0.522 e. The third-order valence-corrected chi connectivity index (χ3v) is 2.12. The second-order valence-electron chi connectivity index (χ2n) is 2.88. The number of rotatable bonds is 2. The molecular weight excluding hydrogens is 261 g/mol. The summed E-state index contributed by atoms with van der Waals surface area (Å²) in [5.74, 6) is 0. The number of hydrogen-bond donors (Lipinski definition) is 2. The van der Waals surface area contributed by atoms with Gasteiger partial charge >= 0.3 is 15.6 Å². The molecule has 0 aliphatic heterocycles. The topological polar surface area (TPSA) is 74.6 Å². The van der Waals surface area contributed by atoms with Gasteiger partial charge in [0.1, 0.15) is 0 Å². The second-order valence-corrected chi connectivity index (χ2v) is 4.29. The Morgan fingerprint density at radius 1 is 1.12 bits per heavy atom. The van der Waals surface area contributed by atoms with Crippen LogP contribution in [-0.2, 0) is 16.5 Å². The van der Waals surface area contributed by atoms with Crippen LogP contribution in [0.3, 0.4) is 0 Å². The SMILES string of the molecule is O=S(=O)(O)C(F)(F)F.OCCc1ccccc1. The van der Waals surface area contributed by atoms with Gasteiger partial charge in [0.25, 0.3) is 0 Å². The minimum absolute atomic E-state index is 0.240. The molecule has 0 unspecified atom stereocenters. The molecule has 8 heteroatoms. The van der Waals surface area contributed by atoms with Crippen LogP contribution in [0.25, 0.3) is 0 Å². The fraction of sp³-hybridized carbons (Fsp3) is 0.333. The molecule has 2 N–H and O–H groups in total. The Balaban J connectivity index is 0.000000304. The summed E-state index contributed by atoms with van der Waals surface area (Å²) in [6.45, 7) is 0.240. The number of aliphatic hydroxyl groups excluding tert-OH is 1. The Kier molecular flexibility index (Phi) is 6.14. The van der Waals surface area contributed by atoms with E-state index in [9.17, 15) is 13.2 Å². The van der Waals surface area contributed by atoms with Gasteiger partial charge in [-0.05, 0) is 12.0 Å². The van der Waals surface area contributed by atoms with Gasteiger partial charge in [0, 0.05) is 6.61 Å². The number of benzene rings is 1. The van der Waals surface area contributed by atoms with Crippen LogP contribution >= 0.6 is 0 Å². The molecule has 0 heterocycles. The van der Waals surface area contributed by atoms with E-state index in [1.54, 1.807) is 0 Å². The molecular formula is C9H11F3O4S. The molecule has 1 aromatic carbocycles. The van der Waals surface area contributed by atoms with Crippen molar-refractivity contribution in [1.82, 2.24) is 0 Å². The second kappa shape index (κ2) is 6.58. The molecule has 4 nitrogen and oxygen atoms in total. The van der Waals surface area contributed by atoms with E-state index in [-0.39, 0.29) is 6.61 Å². The van der Waals surface area contributed by atoms with Crippen LogP contribution in [0, 0.1) is 0 Å². The van der Waals surface area contributed by atoms with E-state index in [2.05, 4.69) is 0 Å². The molecule has 1 rings (SSSR count). The maximum absolute atomic E-state index is 10.7. The summed E-state index contributed by atoms with van der Waals surface area (Å²) < 4.78 is 57.5. The molecule has 0 spiro atoms. The molecule has 0 aliphatic rings. The predicted octanol–water partition coefficient (Wildman–Crippen LogP) is 1.62. The Morgan fingerprint density at radius 2 is 1.53 bits per heavy atom. The van der Waals surface area contributed by atoms with Crippen LogP contribution in [-0.4, -0.2) is 30.2 Å². The van der Waals surface area contributed by atoms with Gasteiger partial charge in [-0.25, -0.2) is 0 Å². The standard InChI is InChI=1S/C8H10O.CHF3O3S/c9-7-6-8-4-2-1-3-5-8;2-1(3,4)8(5,6)7/h1-5,9H,6-7H2;(H,5,6,7). The first-order chi connectivity index (χ1) is 7.68. The fourth-order valence-electron chi connectivity index (χ4n) is 0.774. The highest BCUT2D eigenvalue weighted by atomic mass is 32.2. The molecule has 0 amide bonds. The molecule has 0 saturated heterocycles. The highest BCUT2D eigenvalue weighted by Crippen LogP contribution is 2.20. The Hall–Kier alpha value is -1.12. The van der Waals surface area contributed by atoms with E-state index >= 15 is 0 Å². The molecule has 0 fully saturated rings. The average Bonchev–Trinajstić information content (AvgIpc) is 2.17. The van der Waals surface area contributed by atoms with Gasteiger partial charge < -0.3 is 5.11 Å². The summed E-state index contributed by atoms with van der Waals surface area (Å²) in [6.07, 6.45) is 0.765. The van der Waals surface area contributed by atoms with Crippen molar-refractivity contribution in [2.24, 2.45) is 0 Å². The smallest absolute Gasteiger partial charge is 0.396 e. The highest BCUT2D eigenvalue weighted by Gasteiger charge is 2.44. The maximum Gasteiger partial charge on any atom is 0.522 e. The molecule has 0 bridgehead atoms. The van der Waals surface area contributed by atoms with Gasteiger partial charge in [-0.15, -0.1) is 0 Å². The van der Waals surface area contributed by atoms with E-state index in [1.165, 1.54) is 5.56 Å². The highest BCUT2D eigenvalue weighted by molar-refractivity contribution is 7.86. The summed E-state index contributed by atoms with van der Waals surface area (Å²) in [7, 11) is -5.84. The first-order valence-electron chi connectivity index (χ1n) is 4.37. The molecule has 1 aromatic rings. The van der Waals surface area contributed by atoms with Crippen molar-refractivity contribution < 1.29 is 31.2 Å². The van der Waals surface area contributed by atoms with Gasteiger partial charge in [0.2, 0.25) is 0 Å². The molecule has 0 radical (unpaired) electrons. The molecule has 0 atom stereocenters. The minimum atomic E-state index is -5.84. The number of alkyl halides is 3. The van der Waals surface area contributed by atoms with Crippen molar-refractivity contribution in [2.75, 3.05) is 6.61 Å². The zero-order valence-electron chi connectivity index (χ0n) is 8.55. The first-order valence-corrected chi connectivity index (χ1v) is 5.81. The zero-order chi connectivity index (χ0) is 13.5. The van der Waals surface area contributed by atoms with Gasteiger partial charge in [-0.2, -0.15) is 21.6 Å². The van der Waals surface area contributed by atoms with Gasteiger partial charge in [0.05, 0.1) is 0 Å². The lowest BCUT2D eigenvalue weighted by Crippen LogP contribution is -2.21. The van der Waals surface area contributed by atoms with Crippen LogP contribution in [0.5, 0.6) is 0 Å². The van der Waals surface area contributed by atoms with E-state index in [1.807, 2.05) is 30.3 Å². The lowest BCUT2D eigenvalue weighted by molar-refractivity contribution is -0.0510. The third-order valence-electron chi connectivity index (χ3n) is 1.54. The van der Waals surface area contributed by atoms with E-state index < -0.39 is 15.6 Å². The lowest BCUT2D eigenvalue weighted by atomic mass is 10.2. The van der Waals surface area contributed by atoms with Crippen molar-refractivity contribution in [3.8, 4) is 0 Å². The van der Waals surface area contributed by atoms with E-state index in [0.29, 0.717) is 0 Å². The minimum Gasteiger partial charge on any atom is -0.396 e. The molecule has 0 saturated carbocycles. The third kappa shape index (κ3) is 6.93. The normalized spacial score (nSPS) is 11.6. The quantitative estimate of drug-likeness (QED) is 0.633. The monoisotopic (exact) mass is 272 g/mol. The Labute approximate surface area is 96.5 Å². The molecule has 17 heavy (non-hydrogen) atoms. The zero-order valence-corrected chi connectivity index (χ0v) is 9.37. The van der Waals surface area contributed by atoms with Crippen molar-refractivity contribution in [2.45, 2.75) is 11.9 Å².